The zero-order valence-electron chi connectivity index (χ0n) is 21.6. The number of fused-ring (bicyclic) bond motifs is 1. The molecule has 2 aliphatic rings. The van der Waals surface area contributed by atoms with Crippen LogP contribution in [-0.2, 0) is 12.2 Å². The molecule has 0 saturated carbocycles. The van der Waals surface area contributed by atoms with Crippen LogP contribution < -0.4 is 5.73 Å². The maximum absolute atomic E-state index is 8.27. The number of benzene rings is 1. The number of thioether (sulfide) groups is 1. The van der Waals surface area contributed by atoms with Crippen molar-refractivity contribution < 1.29 is 0 Å². The number of aromatic nitrogens is 2. The number of amidine groups is 1. The van der Waals surface area contributed by atoms with Crippen LogP contribution in [0.1, 0.15) is 43.6 Å². The van der Waals surface area contributed by atoms with Gasteiger partial charge in [0.05, 0.1) is 5.70 Å². The van der Waals surface area contributed by atoms with Gasteiger partial charge in [0.2, 0.25) is 0 Å². The van der Waals surface area contributed by atoms with E-state index in [1.54, 1.807) is 0 Å². The Kier molecular flexibility index (Phi) is 8.40. The summed E-state index contributed by atoms with van der Waals surface area (Å²) in [6.07, 6.45) is 11.6. The maximum atomic E-state index is 8.27. The van der Waals surface area contributed by atoms with Crippen molar-refractivity contribution >= 4 is 40.3 Å². The highest BCUT2D eigenvalue weighted by atomic mass is 35.5. The molecule has 0 radical (unpaired) electrons. The number of halogens is 1. The molecular weight excluding hydrogens is 490 g/mol. The summed E-state index contributed by atoms with van der Waals surface area (Å²) in [5.74, 6) is 0.966. The number of hydrogen-bond acceptors (Lipinski definition) is 6. The number of aryl methyl sites for hydroxylation is 1. The van der Waals surface area contributed by atoms with Crippen molar-refractivity contribution in [3.8, 4) is 0 Å². The minimum atomic E-state index is -0.924. The second kappa shape index (κ2) is 11.3. The normalized spacial score (nSPS) is 24.8. The van der Waals surface area contributed by atoms with Crippen LogP contribution in [0.15, 0.2) is 52.9 Å². The first-order chi connectivity index (χ1) is 17.3. The van der Waals surface area contributed by atoms with Crippen LogP contribution in [0.5, 0.6) is 0 Å². The molecule has 0 spiro atoms. The Hall–Kier alpha value is -2.39. The lowest BCUT2D eigenvalue weighted by atomic mass is 9.82. The first kappa shape index (κ1) is 26.7. The number of nitrogens with zero attached hydrogens (tertiary/aromatic N) is 5. The third kappa shape index (κ3) is 5.18. The molecule has 1 fully saturated rings. The molecule has 3 N–H and O–H groups in total. The lowest BCUT2D eigenvalue weighted by Crippen LogP contribution is -2.61. The molecule has 192 valence electrons. The minimum Gasteiger partial charge on any atom is -0.349 e. The molecule has 2 aromatic rings. The van der Waals surface area contributed by atoms with Gasteiger partial charge in [-0.3, -0.25) is 15.3 Å². The number of aliphatic imine (C=N–C) groups is 1. The Balaban J connectivity index is 1.86. The summed E-state index contributed by atoms with van der Waals surface area (Å²) in [6, 6.07) is 6.04. The zero-order valence-corrected chi connectivity index (χ0v) is 23.2. The van der Waals surface area contributed by atoms with Gasteiger partial charge >= 0.3 is 0 Å². The topological polar surface area (TPSA) is 86.5 Å². The van der Waals surface area contributed by atoms with Gasteiger partial charge in [-0.25, -0.2) is 4.98 Å². The summed E-state index contributed by atoms with van der Waals surface area (Å²) in [6.45, 7) is 9.91. The van der Waals surface area contributed by atoms with Gasteiger partial charge < -0.3 is 15.2 Å². The zero-order chi connectivity index (χ0) is 25.9. The molecule has 4 rings (SSSR count). The van der Waals surface area contributed by atoms with Crippen LogP contribution in [0.3, 0.4) is 0 Å². The number of nitrogens with two attached hydrogens (primary N) is 1. The van der Waals surface area contributed by atoms with Crippen molar-refractivity contribution in [1.29, 1.82) is 5.41 Å². The first-order valence-corrected chi connectivity index (χ1v) is 14.0. The molecule has 1 aromatic carbocycles. The van der Waals surface area contributed by atoms with E-state index in [1.807, 2.05) is 43.9 Å². The molecule has 0 amide bonds. The van der Waals surface area contributed by atoms with Gasteiger partial charge in [-0.2, -0.15) is 0 Å². The molecule has 7 nitrogen and oxygen atoms in total. The second-order valence-electron chi connectivity index (χ2n) is 9.32. The van der Waals surface area contributed by atoms with E-state index in [0.29, 0.717) is 16.7 Å². The van der Waals surface area contributed by atoms with Crippen LogP contribution in [0.2, 0.25) is 5.02 Å². The molecule has 36 heavy (non-hydrogen) atoms. The summed E-state index contributed by atoms with van der Waals surface area (Å²) in [5.41, 5.74) is 11.9. The molecule has 1 saturated heterocycles. The molecule has 0 bridgehead atoms. The molecule has 1 aliphatic heterocycles. The number of imidazole rings is 1. The van der Waals surface area contributed by atoms with Gasteiger partial charge in [0, 0.05) is 61.9 Å². The minimum absolute atomic E-state index is 0.599. The maximum Gasteiger partial charge on any atom is 0.156 e. The van der Waals surface area contributed by atoms with Crippen molar-refractivity contribution in [2.45, 2.75) is 45.8 Å². The molecule has 1 aromatic heterocycles. The average Bonchev–Trinajstić information content (AvgIpc) is 3.29. The van der Waals surface area contributed by atoms with E-state index in [1.165, 1.54) is 17.3 Å². The quantitative estimate of drug-likeness (QED) is 0.418. The highest BCUT2D eigenvalue weighted by Gasteiger charge is 2.43. The Labute approximate surface area is 223 Å². The highest BCUT2D eigenvalue weighted by molar-refractivity contribution is 8.13. The standard InChI is InChI=1S/C27H36ClN7S/c1-5-10-32-25-19(2)6-7-21(18-34-12-11-31-20(34)3)23-17-22(28)8-9-24(23)27(25,30)35-15-13-33(14-16-35)26(29)36-4/h7-12,17,29H,5-6,13-16,18,30H2,1-4H3/b21-7-,25-19+,29-26?,32-10?. The number of piperazine rings is 1. The summed E-state index contributed by atoms with van der Waals surface area (Å²) >= 11 is 8.05. The number of rotatable bonds is 5. The Bertz CT molecular complexity index is 1210. The molecule has 9 heteroatoms. The molecule has 1 atom stereocenters. The third-order valence-electron chi connectivity index (χ3n) is 7.08. The lowest BCUT2D eigenvalue weighted by molar-refractivity contribution is 0.0763. The van der Waals surface area contributed by atoms with Crippen molar-refractivity contribution in [2.24, 2.45) is 10.7 Å². The summed E-state index contributed by atoms with van der Waals surface area (Å²) in [7, 11) is 0. The molecule has 1 unspecified atom stereocenters. The monoisotopic (exact) mass is 525 g/mol. The molecule has 1 aliphatic carbocycles. The predicted octanol–water partition coefficient (Wildman–Crippen LogP) is 5.11. The average molecular weight is 526 g/mol. The Morgan fingerprint density at radius 2 is 2.03 bits per heavy atom. The van der Waals surface area contributed by atoms with Gasteiger partial charge in [0.15, 0.2) is 5.17 Å². The second-order valence-corrected chi connectivity index (χ2v) is 10.6. The fraction of sp³-hybridized carbons (Fsp3) is 0.444. The lowest BCUT2D eigenvalue weighted by Gasteiger charge is -2.48. The largest absolute Gasteiger partial charge is 0.349 e. The van der Waals surface area contributed by atoms with E-state index < -0.39 is 5.66 Å². The fourth-order valence-electron chi connectivity index (χ4n) is 5.06. The Morgan fingerprint density at radius 3 is 2.67 bits per heavy atom. The Morgan fingerprint density at radius 1 is 1.28 bits per heavy atom. The van der Waals surface area contributed by atoms with Gasteiger partial charge in [-0.1, -0.05) is 42.4 Å². The van der Waals surface area contributed by atoms with Crippen molar-refractivity contribution in [3.05, 3.63) is 69.9 Å². The summed E-state index contributed by atoms with van der Waals surface area (Å²) < 4.78 is 2.15. The summed E-state index contributed by atoms with van der Waals surface area (Å²) in [5, 5.41) is 9.55. The molecular formula is C27H36ClN7S. The third-order valence-corrected chi connectivity index (χ3v) is 7.96. The summed E-state index contributed by atoms with van der Waals surface area (Å²) in [4.78, 5) is 13.8. The number of hydrogen-bond donors (Lipinski definition) is 2. The van der Waals surface area contributed by atoms with E-state index in [2.05, 4.69) is 45.3 Å². The van der Waals surface area contributed by atoms with Crippen LogP contribution in [0, 0.1) is 12.3 Å². The first-order valence-electron chi connectivity index (χ1n) is 12.4. The SMILES string of the molecule is CCC=N/C1=C(\C)C/C=C(/Cn2ccnc2C)c2cc(Cl)ccc2C1(N)N1CCN(C(=N)SC)CC1. The van der Waals surface area contributed by atoms with Crippen LogP contribution in [0.4, 0.5) is 0 Å². The van der Waals surface area contributed by atoms with Crippen LogP contribution >= 0.6 is 23.4 Å². The number of nitrogens with one attached hydrogen (secondary N) is 1. The van der Waals surface area contributed by atoms with Gasteiger partial charge in [0.1, 0.15) is 11.5 Å². The van der Waals surface area contributed by atoms with E-state index >= 15 is 0 Å². The van der Waals surface area contributed by atoms with Gasteiger partial charge in [-0.15, -0.1) is 0 Å². The highest BCUT2D eigenvalue weighted by Crippen LogP contribution is 2.42. The smallest absolute Gasteiger partial charge is 0.156 e. The van der Waals surface area contributed by atoms with E-state index in [4.69, 9.17) is 27.7 Å². The fourth-order valence-corrected chi connectivity index (χ4v) is 5.67. The molecule has 2 heterocycles. The van der Waals surface area contributed by atoms with E-state index in [9.17, 15) is 0 Å². The van der Waals surface area contributed by atoms with Gasteiger partial charge in [-0.05, 0) is 61.8 Å². The predicted molar refractivity (Wildman–Crippen MR) is 153 cm³/mol. The van der Waals surface area contributed by atoms with Crippen molar-refractivity contribution in [1.82, 2.24) is 19.4 Å². The van der Waals surface area contributed by atoms with Crippen molar-refractivity contribution in [3.63, 3.8) is 0 Å². The van der Waals surface area contributed by atoms with Crippen LogP contribution in [0.25, 0.3) is 5.57 Å². The number of allylic oxidation sites excluding steroid dienone is 3. The van der Waals surface area contributed by atoms with Gasteiger partial charge in [0.25, 0.3) is 0 Å². The van der Waals surface area contributed by atoms with Crippen molar-refractivity contribution in [2.75, 3.05) is 32.4 Å². The van der Waals surface area contributed by atoms with E-state index in [0.717, 1.165) is 67.2 Å². The van der Waals surface area contributed by atoms with Crippen LogP contribution in [-0.4, -0.2) is 63.2 Å². The van der Waals surface area contributed by atoms with E-state index in [-0.39, 0.29) is 0 Å².